The van der Waals surface area contributed by atoms with E-state index in [1.54, 1.807) is 18.2 Å². The third-order valence-corrected chi connectivity index (χ3v) is 4.60. The molecule has 98 valence electrons. The van der Waals surface area contributed by atoms with Gasteiger partial charge in [0.15, 0.2) is 0 Å². The molecule has 0 unspecified atom stereocenters. The number of rotatable bonds is 3. The molecule has 0 aliphatic heterocycles. The highest BCUT2D eigenvalue weighted by atomic mass is 32.2. The maximum Gasteiger partial charge on any atom is 0.245 e. The fourth-order valence-corrected chi connectivity index (χ4v) is 2.99. The average Bonchev–Trinajstić information content (AvgIpc) is 2.39. The van der Waals surface area contributed by atoms with Gasteiger partial charge in [-0.2, -0.15) is 4.31 Å². The summed E-state index contributed by atoms with van der Waals surface area (Å²) in [5, 5.41) is 0.609. The van der Waals surface area contributed by atoms with E-state index in [1.807, 2.05) is 0 Å². The number of hydrogen-bond donors (Lipinski definition) is 1. The lowest BCUT2D eigenvalue weighted by atomic mass is 10.2. The molecule has 0 radical (unpaired) electrons. The van der Waals surface area contributed by atoms with Gasteiger partial charge < -0.3 is 5.73 Å². The lowest BCUT2D eigenvalue weighted by Gasteiger charge is -2.15. The smallest absolute Gasteiger partial charge is 0.245 e. The van der Waals surface area contributed by atoms with Crippen molar-refractivity contribution < 1.29 is 8.42 Å². The highest BCUT2D eigenvalue weighted by molar-refractivity contribution is 7.89. The van der Waals surface area contributed by atoms with E-state index < -0.39 is 10.0 Å². The van der Waals surface area contributed by atoms with E-state index in [0.29, 0.717) is 16.6 Å². The molecule has 0 saturated carbocycles. The fraction of sp³-hybridized carbons (Fsp3) is 0.154. The topological polar surface area (TPSA) is 76.3 Å². The maximum atomic E-state index is 12.4. The summed E-state index contributed by atoms with van der Waals surface area (Å²) in [5.74, 6) is 2.30. The van der Waals surface area contributed by atoms with E-state index in [9.17, 15) is 8.42 Å². The van der Waals surface area contributed by atoms with Crippen LogP contribution >= 0.6 is 0 Å². The molecule has 0 bridgehead atoms. The predicted molar refractivity (Wildman–Crippen MR) is 74.8 cm³/mol. The molecule has 6 heteroatoms. The third-order valence-electron chi connectivity index (χ3n) is 2.77. The van der Waals surface area contributed by atoms with Crippen molar-refractivity contribution in [2.45, 2.75) is 4.90 Å². The fourth-order valence-electron chi connectivity index (χ4n) is 1.76. The van der Waals surface area contributed by atoms with Gasteiger partial charge in [-0.25, -0.2) is 8.42 Å². The Labute approximate surface area is 112 Å². The molecule has 0 saturated heterocycles. The Morgan fingerprint density at radius 2 is 2.16 bits per heavy atom. The van der Waals surface area contributed by atoms with Crippen LogP contribution in [0.5, 0.6) is 0 Å². The first-order valence-corrected chi connectivity index (χ1v) is 6.95. The summed E-state index contributed by atoms with van der Waals surface area (Å²) in [6, 6.07) is 6.45. The van der Waals surface area contributed by atoms with Gasteiger partial charge in [0.05, 0.1) is 12.1 Å². The minimum Gasteiger partial charge on any atom is -0.398 e. The SMILES string of the molecule is C#CCN(C)S(=O)(=O)c1ccc(N)c2cccnc12. The molecular weight excluding hydrogens is 262 g/mol. The molecule has 0 aliphatic rings. The van der Waals surface area contributed by atoms with Gasteiger partial charge in [-0.05, 0) is 24.3 Å². The molecule has 0 fully saturated rings. The number of benzene rings is 1. The Morgan fingerprint density at radius 1 is 1.42 bits per heavy atom. The van der Waals surface area contributed by atoms with Crippen molar-refractivity contribution in [3.8, 4) is 12.3 Å². The zero-order valence-electron chi connectivity index (χ0n) is 10.4. The summed E-state index contributed by atoms with van der Waals surface area (Å²) >= 11 is 0. The average molecular weight is 275 g/mol. The lowest BCUT2D eigenvalue weighted by molar-refractivity contribution is 0.504. The van der Waals surface area contributed by atoms with Gasteiger partial charge in [0.2, 0.25) is 10.0 Å². The number of hydrogen-bond acceptors (Lipinski definition) is 4. The summed E-state index contributed by atoms with van der Waals surface area (Å²) in [7, 11) is -2.24. The monoisotopic (exact) mass is 275 g/mol. The predicted octanol–water partition coefficient (Wildman–Crippen LogP) is 1.07. The van der Waals surface area contributed by atoms with Crippen LogP contribution in [0.2, 0.25) is 0 Å². The first kappa shape index (κ1) is 13.3. The zero-order chi connectivity index (χ0) is 14.0. The molecule has 0 amide bonds. The van der Waals surface area contributed by atoms with Crippen LogP contribution in [0.4, 0.5) is 5.69 Å². The number of aromatic nitrogens is 1. The summed E-state index contributed by atoms with van der Waals surface area (Å²) in [6.07, 6.45) is 6.68. The standard InChI is InChI=1S/C13H13N3O2S/c1-3-9-16(2)19(17,18)12-7-6-11(14)10-5-4-8-15-13(10)12/h1,4-8H,9,14H2,2H3. The maximum absolute atomic E-state index is 12.4. The van der Waals surface area contributed by atoms with E-state index in [0.717, 1.165) is 4.31 Å². The molecule has 1 aromatic heterocycles. The quantitative estimate of drug-likeness (QED) is 0.671. The molecule has 0 atom stereocenters. The van der Waals surface area contributed by atoms with Crippen molar-refractivity contribution in [3.63, 3.8) is 0 Å². The van der Waals surface area contributed by atoms with E-state index >= 15 is 0 Å². The van der Waals surface area contributed by atoms with Crippen molar-refractivity contribution in [3.05, 3.63) is 30.5 Å². The highest BCUT2D eigenvalue weighted by Crippen LogP contribution is 2.27. The van der Waals surface area contributed by atoms with Gasteiger partial charge in [0, 0.05) is 24.3 Å². The second kappa shape index (κ2) is 4.88. The van der Waals surface area contributed by atoms with Crippen molar-refractivity contribution in [2.24, 2.45) is 0 Å². The summed E-state index contributed by atoms with van der Waals surface area (Å²) < 4.78 is 25.9. The highest BCUT2D eigenvalue weighted by Gasteiger charge is 2.23. The van der Waals surface area contributed by atoms with Crippen LogP contribution in [0.3, 0.4) is 0 Å². The third kappa shape index (κ3) is 2.26. The Hall–Kier alpha value is -2.10. The van der Waals surface area contributed by atoms with Crippen molar-refractivity contribution in [1.29, 1.82) is 0 Å². The van der Waals surface area contributed by atoms with Gasteiger partial charge in [-0.3, -0.25) is 4.98 Å². The Kier molecular flexibility index (Phi) is 3.42. The second-order valence-corrected chi connectivity index (χ2v) is 6.03. The van der Waals surface area contributed by atoms with Crippen LogP contribution < -0.4 is 5.73 Å². The molecule has 2 N–H and O–H groups in total. The van der Waals surface area contributed by atoms with Crippen LogP contribution in [0.1, 0.15) is 0 Å². The molecule has 2 rings (SSSR count). The minimum atomic E-state index is -3.67. The second-order valence-electron chi connectivity index (χ2n) is 4.02. The van der Waals surface area contributed by atoms with Crippen molar-refractivity contribution >= 4 is 26.6 Å². The molecule has 5 nitrogen and oxygen atoms in total. The number of nitrogens with zero attached hydrogens (tertiary/aromatic N) is 2. The first-order valence-electron chi connectivity index (χ1n) is 5.51. The van der Waals surface area contributed by atoms with Crippen LogP contribution in [-0.2, 0) is 10.0 Å². The minimum absolute atomic E-state index is 0.00103. The van der Waals surface area contributed by atoms with Gasteiger partial charge in [0.1, 0.15) is 4.90 Å². The number of pyridine rings is 1. The van der Waals surface area contributed by atoms with Crippen LogP contribution in [-0.4, -0.2) is 31.3 Å². The lowest BCUT2D eigenvalue weighted by Crippen LogP contribution is -2.27. The van der Waals surface area contributed by atoms with Gasteiger partial charge in [-0.1, -0.05) is 5.92 Å². The Bertz CT molecular complexity index is 763. The number of terminal acetylenes is 1. The number of nitrogen functional groups attached to an aromatic ring is 1. The summed E-state index contributed by atoms with van der Waals surface area (Å²) in [6.45, 7) is 0.00103. The first-order chi connectivity index (χ1) is 8.98. The molecule has 0 spiro atoms. The molecular formula is C13H13N3O2S. The van der Waals surface area contributed by atoms with Gasteiger partial charge >= 0.3 is 0 Å². The number of anilines is 1. The summed E-state index contributed by atoms with van der Waals surface area (Å²) in [4.78, 5) is 4.22. The largest absolute Gasteiger partial charge is 0.398 e. The molecule has 0 aliphatic carbocycles. The molecule has 19 heavy (non-hydrogen) atoms. The zero-order valence-corrected chi connectivity index (χ0v) is 11.2. The van der Waals surface area contributed by atoms with E-state index in [1.165, 1.54) is 19.3 Å². The normalized spacial score (nSPS) is 11.6. The van der Waals surface area contributed by atoms with Crippen LogP contribution in [0.25, 0.3) is 10.9 Å². The van der Waals surface area contributed by atoms with Gasteiger partial charge in [0.25, 0.3) is 0 Å². The van der Waals surface area contributed by atoms with Crippen LogP contribution in [0, 0.1) is 12.3 Å². The van der Waals surface area contributed by atoms with E-state index in [2.05, 4.69) is 10.9 Å². The molecule has 1 heterocycles. The van der Waals surface area contributed by atoms with E-state index in [4.69, 9.17) is 12.2 Å². The number of fused-ring (bicyclic) bond motifs is 1. The Morgan fingerprint density at radius 3 is 2.84 bits per heavy atom. The van der Waals surface area contributed by atoms with Gasteiger partial charge in [-0.15, -0.1) is 6.42 Å². The van der Waals surface area contributed by atoms with Crippen molar-refractivity contribution in [1.82, 2.24) is 9.29 Å². The molecule has 2 aromatic rings. The van der Waals surface area contributed by atoms with E-state index in [-0.39, 0.29) is 11.4 Å². The number of sulfonamides is 1. The van der Waals surface area contributed by atoms with Crippen LogP contribution in [0.15, 0.2) is 35.4 Å². The Balaban J connectivity index is 2.71. The molecule has 1 aromatic carbocycles. The number of nitrogens with two attached hydrogens (primary N) is 1. The summed E-state index contributed by atoms with van der Waals surface area (Å²) in [5.41, 5.74) is 6.66. The van der Waals surface area contributed by atoms with Crippen molar-refractivity contribution in [2.75, 3.05) is 19.3 Å².